The molecule has 0 unspecified atom stereocenters. The first-order chi connectivity index (χ1) is 9.74. The number of amides is 1. The summed E-state index contributed by atoms with van der Waals surface area (Å²) in [6.45, 7) is 2.51. The van der Waals surface area contributed by atoms with Crippen LogP contribution in [0.5, 0.6) is 5.75 Å². The molecule has 0 bridgehead atoms. The van der Waals surface area contributed by atoms with Gasteiger partial charge in [0.1, 0.15) is 12.4 Å². The number of nitrogens with one attached hydrogen (secondary N) is 1. The van der Waals surface area contributed by atoms with Gasteiger partial charge in [0, 0.05) is 11.3 Å². The Labute approximate surface area is 121 Å². The summed E-state index contributed by atoms with van der Waals surface area (Å²) in [5.74, 6) is 1.42. The second-order valence-electron chi connectivity index (χ2n) is 5.07. The van der Waals surface area contributed by atoms with E-state index in [0.29, 0.717) is 18.3 Å². The quantitative estimate of drug-likeness (QED) is 0.918. The second-order valence-corrected chi connectivity index (χ2v) is 5.79. The molecule has 1 aromatic heterocycles. The van der Waals surface area contributed by atoms with Crippen LogP contribution in [0, 0.1) is 11.8 Å². The Morgan fingerprint density at radius 2 is 2.30 bits per heavy atom. The second kappa shape index (κ2) is 5.63. The summed E-state index contributed by atoms with van der Waals surface area (Å²) in [7, 11) is 0. The van der Waals surface area contributed by atoms with E-state index in [1.165, 1.54) is 0 Å². The van der Waals surface area contributed by atoms with E-state index in [9.17, 15) is 4.79 Å². The molecule has 2 atom stereocenters. The van der Waals surface area contributed by atoms with E-state index in [4.69, 9.17) is 4.74 Å². The summed E-state index contributed by atoms with van der Waals surface area (Å²) in [4.78, 5) is 16.2. The molecule has 0 radical (unpaired) electrons. The van der Waals surface area contributed by atoms with E-state index in [0.717, 1.165) is 17.8 Å². The lowest BCUT2D eigenvalue weighted by Crippen LogP contribution is -2.15. The molecular formula is C15H16N2O2S. The van der Waals surface area contributed by atoms with Gasteiger partial charge in [-0.05, 0) is 24.5 Å². The van der Waals surface area contributed by atoms with Crippen LogP contribution in [0.3, 0.4) is 0 Å². The van der Waals surface area contributed by atoms with Crippen molar-refractivity contribution in [2.75, 3.05) is 5.32 Å². The summed E-state index contributed by atoms with van der Waals surface area (Å²) in [6, 6.07) is 7.51. The molecule has 1 saturated carbocycles. The molecule has 1 aliphatic rings. The number of rotatable bonds is 5. The van der Waals surface area contributed by atoms with Crippen LogP contribution in [-0.4, -0.2) is 10.9 Å². The number of benzene rings is 1. The molecule has 1 fully saturated rings. The number of anilines is 1. The van der Waals surface area contributed by atoms with Gasteiger partial charge >= 0.3 is 0 Å². The molecule has 0 aliphatic heterocycles. The van der Waals surface area contributed by atoms with Crippen molar-refractivity contribution < 1.29 is 9.53 Å². The number of carbonyl (C=O) groups is 1. The fourth-order valence-corrected chi connectivity index (χ4v) is 2.61. The highest BCUT2D eigenvalue weighted by atomic mass is 32.1. The lowest BCUT2D eigenvalue weighted by molar-refractivity contribution is -0.117. The molecule has 1 amide bonds. The number of thiazole rings is 1. The van der Waals surface area contributed by atoms with Gasteiger partial charge < -0.3 is 10.1 Å². The SMILES string of the molecule is C[C@H]1C[C@@H]1C(=O)Nc1ccccc1OCc1cscn1. The van der Waals surface area contributed by atoms with Gasteiger partial charge in [-0.1, -0.05) is 19.1 Å². The monoisotopic (exact) mass is 288 g/mol. The lowest BCUT2D eigenvalue weighted by Gasteiger charge is -2.11. The number of aromatic nitrogens is 1. The van der Waals surface area contributed by atoms with E-state index in [1.807, 2.05) is 29.6 Å². The van der Waals surface area contributed by atoms with Crippen molar-refractivity contribution in [1.29, 1.82) is 0 Å². The van der Waals surface area contributed by atoms with Gasteiger partial charge in [0.25, 0.3) is 0 Å². The Bertz CT molecular complexity index is 598. The average molecular weight is 288 g/mol. The van der Waals surface area contributed by atoms with Crippen molar-refractivity contribution in [1.82, 2.24) is 4.98 Å². The van der Waals surface area contributed by atoms with E-state index >= 15 is 0 Å². The molecule has 0 spiro atoms. The Hall–Kier alpha value is -1.88. The van der Waals surface area contributed by atoms with Crippen molar-refractivity contribution >= 4 is 22.9 Å². The molecule has 104 valence electrons. The van der Waals surface area contributed by atoms with Crippen LogP contribution >= 0.6 is 11.3 Å². The molecular weight excluding hydrogens is 272 g/mol. The van der Waals surface area contributed by atoms with E-state index in [2.05, 4.69) is 17.2 Å². The highest BCUT2D eigenvalue weighted by molar-refractivity contribution is 7.07. The highest BCUT2D eigenvalue weighted by Crippen LogP contribution is 2.39. The highest BCUT2D eigenvalue weighted by Gasteiger charge is 2.39. The van der Waals surface area contributed by atoms with Gasteiger partial charge in [0.05, 0.1) is 16.9 Å². The van der Waals surface area contributed by atoms with Crippen LogP contribution in [0.1, 0.15) is 19.0 Å². The van der Waals surface area contributed by atoms with Crippen LogP contribution in [0.4, 0.5) is 5.69 Å². The third-order valence-electron chi connectivity index (χ3n) is 3.45. The minimum absolute atomic E-state index is 0.0854. The van der Waals surface area contributed by atoms with E-state index in [-0.39, 0.29) is 11.8 Å². The summed E-state index contributed by atoms with van der Waals surface area (Å²) < 4.78 is 5.74. The Morgan fingerprint density at radius 3 is 3.00 bits per heavy atom. The summed E-state index contributed by atoms with van der Waals surface area (Å²) in [6.07, 6.45) is 0.980. The number of para-hydroxylation sites is 2. The number of nitrogens with zero attached hydrogens (tertiary/aromatic N) is 1. The number of hydrogen-bond donors (Lipinski definition) is 1. The predicted octanol–water partition coefficient (Wildman–Crippen LogP) is 3.32. The van der Waals surface area contributed by atoms with Gasteiger partial charge in [-0.3, -0.25) is 4.79 Å². The van der Waals surface area contributed by atoms with Crippen molar-refractivity contribution in [3.05, 3.63) is 40.8 Å². The average Bonchev–Trinajstić information content (AvgIpc) is 2.98. The van der Waals surface area contributed by atoms with Crippen molar-refractivity contribution in [2.45, 2.75) is 20.0 Å². The van der Waals surface area contributed by atoms with Crippen molar-refractivity contribution in [3.8, 4) is 5.75 Å². The third kappa shape index (κ3) is 2.99. The predicted molar refractivity (Wildman–Crippen MR) is 78.8 cm³/mol. The fraction of sp³-hybridized carbons (Fsp3) is 0.333. The molecule has 4 nitrogen and oxygen atoms in total. The molecule has 1 aromatic carbocycles. The third-order valence-corrected chi connectivity index (χ3v) is 4.09. The maximum atomic E-state index is 12.0. The maximum Gasteiger partial charge on any atom is 0.227 e. The first kappa shape index (κ1) is 13.1. The van der Waals surface area contributed by atoms with Crippen molar-refractivity contribution in [2.24, 2.45) is 11.8 Å². The van der Waals surface area contributed by atoms with Gasteiger partial charge in [-0.25, -0.2) is 4.98 Å². The molecule has 1 N–H and O–H groups in total. The minimum Gasteiger partial charge on any atom is -0.485 e. The zero-order chi connectivity index (χ0) is 13.9. The zero-order valence-corrected chi connectivity index (χ0v) is 12.0. The number of hydrogen-bond acceptors (Lipinski definition) is 4. The first-order valence-corrected chi connectivity index (χ1v) is 7.58. The van der Waals surface area contributed by atoms with Gasteiger partial charge in [0.2, 0.25) is 5.91 Å². The van der Waals surface area contributed by atoms with Crippen LogP contribution in [0.15, 0.2) is 35.2 Å². The number of ether oxygens (including phenoxy) is 1. The maximum absolute atomic E-state index is 12.0. The summed E-state index contributed by atoms with van der Waals surface area (Å²) in [5.41, 5.74) is 3.40. The molecule has 2 aromatic rings. The molecule has 5 heteroatoms. The molecule has 1 heterocycles. The van der Waals surface area contributed by atoms with Gasteiger partial charge in [-0.15, -0.1) is 11.3 Å². The van der Waals surface area contributed by atoms with Crippen LogP contribution in [0.25, 0.3) is 0 Å². The van der Waals surface area contributed by atoms with Gasteiger partial charge in [-0.2, -0.15) is 0 Å². The fourth-order valence-electron chi connectivity index (χ4n) is 2.07. The first-order valence-electron chi connectivity index (χ1n) is 6.64. The van der Waals surface area contributed by atoms with E-state index in [1.54, 1.807) is 16.8 Å². The standard InChI is InChI=1S/C15H16N2O2S/c1-10-6-12(10)15(18)17-13-4-2-3-5-14(13)19-7-11-8-20-9-16-11/h2-5,8-10,12H,6-7H2,1H3,(H,17,18)/t10-,12-/m0/s1. The zero-order valence-electron chi connectivity index (χ0n) is 11.2. The van der Waals surface area contributed by atoms with Crippen LogP contribution in [0.2, 0.25) is 0 Å². The number of carbonyl (C=O) groups excluding carboxylic acids is 1. The minimum atomic E-state index is 0.0854. The van der Waals surface area contributed by atoms with Gasteiger partial charge in [0.15, 0.2) is 0 Å². The Morgan fingerprint density at radius 1 is 1.50 bits per heavy atom. The van der Waals surface area contributed by atoms with E-state index < -0.39 is 0 Å². The summed E-state index contributed by atoms with van der Waals surface area (Å²) in [5, 5.41) is 4.90. The lowest BCUT2D eigenvalue weighted by atomic mass is 10.2. The Kier molecular flexibility index (Phi) is 3.69. The smallest absolute Gasteiger partial charge is 0.227 e. The molecule has 1 aliphatic carbocycles. The molecule has 20 heavy (non-hydrogen) atoms. The van der Waals surface area contributed by atoms with Crippen LogP contribution in [-0.2, 0) is 11.4 Å². The largest absolute Gasteiger partial charge is 0.485 e. The molecule has 0 saturated heterocycles. The molecule has 3 rings (SSSR count). The summed E-state index contributed by atoms with van der Waals surface area (Å²) >= 11 is 1.54. The topological polar surface area (TPSA) is 51.2 Å². The van der Waals surface area contributed by atoms with Crippen LogP contribution < -0.4 is 10.1 Å². The normalized spacial score (nSPS) is 20.4. The van der Waals surface area contributed by atoms with Crippen molar-refractivity contribution in [3.63, 3.8) is 0 Å². The Balaban J connectivity index is 1.66.